The highest BCUT2D eigenvalue weighted by Crippen LogP contribution is 2.19. The molecule has 12 nitrogen and oxygen atoms in total. The van der Waals surface area contributed by atoms with Crippen LogP contribution in [-0.4, -0.2) is 94.9 Å². The monoisotopic (exact) mass is 506 g/mol. The van der Waals surface area contributed by atoms with Gasteiger partial charge in [-0.3, -0.25) is 0 Å². The van der Waals surface area contributed by atoms with Gasteiger partial charge in [0.15, 0.2) is 0 Å². The minimum absolute atomic E-state index is 0.174. The molecule has 1 aromatic heterocycles. The van der Waals surface area contributed by atoms with Gasteiger partial charge in [-0.2, -0.15) is 15.0 Å². The lowest BCUT2D eigenvalue weighted by Gasteiger charge is -2.27. The molecule has 192 valence electrons. The minimum Gasteiger partial charge on any atom is -0.377 e. The summed E-state index contributed by atoms with van der Waals surface area (Å²) in [6.07, 6.45) is 3.63. The van der Waals surface area contributed by atoms with Gasteiger partial charge >= 0.3 is 17.6 Å². The molecule has 0 saturated carbocycles. The summed E-state index contributed by atoms with van der Waals surface area (Å²) in [6, 6.07) is 1.36. The van der Waals surface area contributed by atoms with Gasteiger partial charge in [0, 0.05) is 74.4 Å². The van der Waals surface area contributed by atoms with Crippen molar-refractivity contribution in [1.29, 1.82) is 0 Å². The lowest BCUT2D eigenvalue weighted by molar-refractivity contribution is 0.122. The first-order chi connectivity index (χ1) is 15.9. The van der Waals surface area contributed by atoms with Gasteiger partial charge in [0.05, 0.1) is 0 Å². The molecule has 0 amide bonds. The maximum absolute atomic E-state index is 5.99. The summed E-state index contributed by atoms with van der Waals surface area (Å²) in [7, 11) is 4.45. The van der Waals surface area contributed by atoms with E-state index >= 15 is 0 Å². The first-order valence-electron chi connectivity index (χ1n) is 11.2. The van der Waals surface area contributed by atoms with Gasteiger partial charge in [-0.1, -0.05) is 13.3 Å². The first kappa shape index (κ1) is 29.6. The number of nitrogens with two attached hydrogens (primary N) is 1. The number of nitrogens with zero attached hydrogens (tertiary/aromatic N) is 4. The Kier molecular flexibility index (Phi) is 13.9. The van der Waals surface area contributed by atoms with Crippen molar-refractivity contribution in [3.05, 3.63) is 0 Å². The Bertz CT molecular complexity index is 653. The SMILES string of the molecule is CCCCN(CCC[Si](OC)(OC)OC)c1nc(N)nc(NCCC[Si](OC)(OC)OC)n1. The van der Waals surface area contributed by atoms with Gasteiger partial charge in [-0.05, 0) is 19.3 Å². The second-order valence-electron chi connectivity index (χ2n) is 7.38. The standard InChI is InChI=1S/C19H42N6O6Si2/c1-8-9-13-25(14-11-16-33(29-5,30-6)31-7)19-23-17(20)22-18(24-19)21-12-10-15-32(26-2,27-3)28-4/h8-16H2,1-7H3,(H3,20,21,22,23,24). The summed E-state index contributed by atoms with van der Waals surface area (Å²) in [4.78, 5) is 15.3. The van der Waals surface area contributed by atoms with Crippen LogP contribution in [0.2, 0.25) is 12.1 Å². The molecule has 0 saturated heterocycles. The van der Waals surface area contributed by atoms with Gasteiger partial charge in [0.25, 0.3) is 0 Å². The van der Waals surface area contributed by atoms with E-state index in [1.54, 1.807) is 42.7 Å². The van der Waals surface area contributed by atoms with Crippen molar-refractivity contribution >= 4 is 35.5 Å². The molecule has 0 aliphatic rings. The summed E-state index contributed by atoms with van der Waals surface area (Å²) in [5.41, 5.74) is 5.99. The Labute approximate surface area is 200 Å². The van der Waals surface area contributed by atoms with E-state index < -0.39 is 17.6 Å². The maximum atomic E-state index is 5.99. The summed E-state index contributed by atoms with van der Waals surface area (Å²) >= 11 is 0. The van der Waals surface area contributed by atoms with Crippen LogP contribution in [0.15, 0.2) is 0 Å². The van der Waals surface area contributed by atoms with Gasteiger partial charge < -0.3 is 42.5 Å². The van der Waals surface area contributed by atoms with E-state index in [0.717, 1.165) is 38.8 Å². The quantitative estimate of drug-likeness (QED) is 0.210. The zero-order valence-corrected chi connectivity index (χ0v) is 23.2. The Morgan fingerprint density at radius 2 is 1.27 bits per heavy atom. The number of hydrogen-bond acceptors (Lipinski definition) is 12. The molecule has 1 heterocycles. The zero-order valence-electron chi connectivity index (χ0n) is 21.2. The van der Waals surface area contributed by atoms with E-state index in [9.17, 15) is 0 Å². The maximum Gasteiger partial charge on any atom is 0.500 e. The lowest BCUT2D eigenvalue weighted by Crippen LogP contribution is -2.43. The molecular weight excluding hydrogens is 464 g/mol. The molecule has 1 rings (SSSR count). The van der Waals surface area contributed by atoms with Crippen LogP contribution < -0.4 is 16.0 Å². The Morgan fingerprint density at radius 3 is 1.79 bits per heavy atom. The molecule has 0 aliphatic heterocycles. The molecule has 0 bridgehead atoms. The van der Waals surface area contributed by atoms with Crippen LogP contribution in [0.25, 0.3) is 0 Å². The molecule has 3 N–H and O–H groups in total. The third kappa shape index (κ3) is 9.40. The van der Waals surface area contributed by atoms with Crippen molar-refractivity contribution < 1.29 is 26.6 Å². The average Bonchev–Trinajstić information content (AvgIpc) is 2.84. The normalized spacial score (nSPS) is 12.2. The summed E-state index contributed by atoms with van der Waals surface area (Å²) in [6.45, 7) is 4.29. The number of aromatic nitrogens is 3. The minimum atomic E-state index is -2.63. The van der Waals surface area contributed by atoms with E-state index in [1.165, 1.54) is 0 Å². The molecule has 0 aliphatic carbocycles. The molecule has 0 aromatic carbocycles. The molecule has 0 radical (unpaired) electrons. The van der Waals surface area contributed by atoms with Gasteiger partial charge in [-0.25, -0.2) is 0 Å². The van der Waals surface area contributed by atoms with Crippen LogP contribution in [0.1, 0.15) is 32.6 Å². The van der Waals surface area contributed by atoms with Crippen molar-refractivity contribution in [1.82, 2.24) is 15.0 Å². The molecule has 0 fully saturated rings. The largest absolute Gasteiger partial charge is 0.500 e. The van der Waals surface area contributed by atoms with Gasteiger partial charge in [0.2, 0.25) is 17.8 Å². The Balaban J connectivity index is 2.81. The number of nitrogen functional groups attached to an aromatic ring is 1. The highest BCUT2D eigenvalue weighted by atomic mass is 28.4. The molecule has 0 spiro atoms. The lowest BCUT2D eigenvalue weighted by atomic mass is 10.3. The average molecular weight is 507 g/mol. The van der Waals surface area contributed by atoms with E-state index in [0.29, 0.717) is 30.5 Å². The van der Waals surface area contributed by atoms with Gasteiger partial charge in [0.1, 0.15) is 0 Å². The third-order valence-electron chi connectivity index (χ3n) is 5.43. The van der Waals surface area contributed by atoms with E-state index in [1.807, 2.05) is 0 Å². The van der Waals surface area contributed by atoms with E-state index in [4.69, 9.17) is 32.3 Å². The van der Waals surface area contributed by atoms with Crippen molar-refractivity contribution in [2.24, 2.45) is 0 Å². The van der Waals surface area contributed by atoms with Crippen molar-refractivity contribution in [2.45, 2.75) is 44.7 Å². The second kappa shape index (κ2) is 15.5. The highest BCUT2D eigenvalue weighted by molar-refractivity contribution is 6.60. The predicted octanol–water partition coefficient (Wildman–Crippen LogP) is 2.01. The van der Waals surface area contributed by atoms with Crippen LogP contribution >= 0.6 is 0 Å². The Hall–Kier alpha value is -1.40. The van der Waals surface area contributed by atoms with Crippen LogP contribution in [0.3, 0.4) is 0 Å². The fourth-order valence-corrected chi connectivity index (χ4v) is 6.79. The number of anilines is 3. The van der Waals surface area contributed by atoms with Crippen LogP contribution in [0, 0.1) is 0 Å². The molecular formula is C19H42N6O6Si2. The van der Waals surface area contributed by atoms with Crippen LogP contribution in [0.5, 0.6) is 0 Å². The van der Waals surface area contributed by atoms with E-state index in [2.05, 4.69) is 32.1 Å². The summed E-state index contributed by atoms with van der Waals surface area (Å²) in [5, 5.41) is 3.22. The number of hydrogen-bond donors (Lipinski definition) is 2. The predicted molar refractivity (Wildman–Crippen MR) is 132 cm³/mol. The topological polar surface area (TPSA) is 135 Å². The zero-order chi connectivity index (χ0) is 24.7. The number of nitrogens with one attached hydrogen (secondary N) is 1. The van der Waals surface area contributed by atoms with Gasteiger partial charge in [-0.15, -0.1) is 0 Å². The smallest absolute Gasteiger partial charge is 0.377 e. The number of unbranched alkanes of at least 4 members (excludes halogenated alkanes) is 1. The van der Waals surface area contributed by atoms with E-state index in [-0.39, 0.29) is 5.95 Å². The molecule has 33 heavy (non-hydrogen) atoms. The van der Waals surface area contributed by atoms with Crippen molar-refractivity contribution in [3.8, 4) is 0 Å². The fraction of sp³-hybridized carbons (Fsp3) is 0.842. The van der Waals surface area contributed by atoms with Crippen molar-refractivity contribution in [3.63, 3.8) is 0 Å². The second-order valence-corrected chi connectivity index (χ2v) is 13.6. The fourth-order valence-electron chi connectivity index (χ4n) is 3.37. The Morgan fingerprint density at radius 1 is 0.758 bits per heavy atom. The third-order valence-corrected chi connectivity index (χ3v) is 11.1. The van der Waals surface area contributed by atoms with Crippen LogP contribution in [-0.2, 0) is 26.6 Å². The molecule has 14 heteroatoms. The first-order valence-corrected chi connectivity index (χ1v) is 15.0. The van der Waals surface area contributed by atoms with Crippen LogP contribution in [0.4, 0.5) is 17.8 Å². The summed E-state index contributed by atoms with van der Waals surface area (Å²) in [5.74, 6) is 1.16. The molecule has 0 atom stereocenters. The van der Waals surface area contributed by atoms with Crippen molar-refractivity contribution in [2.75, 3.05) is 78.2 Å². The summed E-state index contributed by atoms with van der Waals surface area (Å²) < 4.78 is 32.9. The highest BCUT2D eigenvalue weighted by Gasteiger charge is 2.37. The number of rotatable bonds is 19. The molecule has 1 aromatic rings. The molecule has 0 unspecified atom stereocenters.